The summed E-state index contributed by atoms with van der Waals surface area (Å²) in [5, 5.41) is 11.8. The molecule has 0 aliphatic rings. The molecule has 2 rings (SSSR count). The summed E-state index contributed by atoms with van der Waals surface area (Å²) >= 11 is 6.01. The van der Waals surface area contributed by atoms with Crippen LogP contribution in [0.4, 0.5) is 10.5 Å². The van der Waals surface area contributed by atoms with Gasteiger partial charge in [-0.2, -0.15) is 0 Å². The molecule has 0 heterocycles. The van der Waals surface area contributed by atoms with Crippen LogP contribution in [-0.2, 0) is 4.79 Å². The van der Waals surface area contributed by atoms with E-state index in [0.717, 1.165) is 0 Å². The molecule has 2 aromatic carbocycles. The highest BCUT2D eigenvalue weighted by atomic mass is 35.5. The molecule has 0 radical (unpaired) electrons. The Hall–Kier alpha value is -2.73. The van der Waals surface area contributed by atoms with Gasteiger partial charge in [0.2, 0.25) is 6.10 Å². The third-order valence-corrected chi connectivity index (χ3v) is 3.09. The zero-order valence-electron chi connectivity index (χ0n) is 11.3. The lowest BCUT2D eigenvalue weighted by Crippen LogP contribution is -2.20. The van der Waals surface area contributed by atoms with Crippen molar-refractivity contribution in [2.45, 2.75) is 6.10 Å². The normalized spacial score (nSPS) is 11.5. The number of halogens is 1. The van der Waals surface area contributed by atoms with Crippen LogP contribution in [0.1, 0.15) is 11.7 Å². The molecule has 0 aliphatic carbocycles. The molecule has 114 valence electrons. The first-order chi connectivity index (χ1) is 10.5. The number of ether oxygens (including phenoxy) is 1. The lowest BCUT2D eigenvalue weighted by atomic mass is 10.1. The molecule has 0 aliphatic heterocycles. The number of nitrogens with one attached hydrogen (secondary N) is 1. The van der Waals surface area contributed by atoms with Crippen LogP contribution in [0.15, 0.2) is 48.5 Å². The fraction of sp³-hybridized carbons (Fsp3) is 0.0667. The number of carboxylic acids is 1. The number of aliphatic carboxylic acids is 1. The Morgan fingerprint density at radius 2 is 1.86 bits per heavy atom. The summed E-state index contributed by atoms with van der Waals surface area (Å²) in [6, 6.07) is 12.2. The highest BCUT2D eigenvalue weighted by Crippen LogP contribution is 2.28. The topological polar surface area (TPSA) is 102 Å². The summed E-state index contributed by atoms with van der Waals surface area (Å²) in [5.74, 6) is -0.735. The molecule has 0 aromatic heterocycles. The predicted octanol–water partition coefficient (Wildman–Crippen LogP) is 3.04. The van der Waals surface area contributed by atoms with Gasteiger partial charge in [0.15, 0.2) is 0 Å². The maximum absolute atomic E-state index is 11.4. The van der Waals surface area contributed by atoms with E-state index in [4.69, 9.17) is 22.1 Å². The molecule has 0 bridgehead atoms. The van der Waals surface area contributed by atoms with Crippen molar-refractivity contribution >= 4 is 29.3 Å². The highest BCUT2D eigenvalue weighted by molar-refractivity contribution is 6.33. The number of primary amides is 1. The Morgan fingerprint density at radius 3 is 2.41 bits per heavy atom. The van der Waals surface area contributed by atoms with E-state index in [1.54, 1.807) is 30.3 Å². The number of rotatable bonds is 5. The van der Waals surface area contributed by atoms with Crippen LogP contribution < -0.4 is 15.8 Å². The van der Waals surface area contributed by atoms with Gasteiger partial charge in [0, 0.05) is 5.56 Å². The molecule has 6 nitrogen and oxygen atoms in total. The highest BCUT2D eigenvalue weighted by Gasteiger charge is 2.23. The molecule has 1 atom stereocenters. The molecular weight excluding hydrogens is 308 g/mol. The fourth-order valence-corrected chi connectivity index (χ4v) is 2.06. The molecule has 2 aromatic rings. The van der Waals surface area contributed by atoms with E-state index in [1.165, 1.54) is 18.2 Å². The van der Waals surface area contributed by atoms with E-state index < -0.39 is 18.1 Å². The van der Waals surface area contributed by atoms with Gasteiger partial charge < -0.3 is 20.9 Å². The fourth-order valence-electron chi connectivity index (χ4n) is 1.82. The van der Waals surface area contributed by atoms with Crippen LogP contribution in [0.5, 0.6) is 5.75 Å². The largest absolute Gasteiger partial charge is 0.478 e. The molecule has 0 fully saturated rings. The number of carbonyl (C=O) groups excluding carboxylic acids is 1. The van der Waals surface area contributed by atoms with Crippen molar-refractivity contribution in [3.63, 3.8) is 0 Å². The average Bonchev–Trinajstić information content (AvgIpc) is 2.47. The summed E-state index contributed by atoms with van der Waals surface area (Å²) in [6.07, 6.45) is -1.22. The van der Waals surface area contributed by atoms with E-state index in [9.17, 15) is 14.7 Å². The van der Waals surface area contributed by atoms with Crippen LogP contribution in [0.3, 0.4) is 0 Å². The Morgan fingerprint density at radius 1 is 1.18 bits per heavy atom. The second-order valence-electron chi connectivity index (χ2n) is 4.38. The average molecular weight is 321 g/mol. The minimum absolute atomic E-state index is 0.166. The number of benzene rings is 2. The molecule has 1 unspecified atom stereocenters. The van der Waals surface area contributed by atoms with Crippen molar-refractivity contribution in [3.8, 4) is 5.75 Å². The number of nitrogens with two attached hydrogens (primary N) is 1. The molecule has 22 heavy (non-hydrogen) atoms. The van der Waals surface area contributed by atoms with Gasteiger partial charge in [-0.05, 0) is 24.3 Å². The second kappa shape index (κ2) is 6.82. The maximum atomic E-state index is 11.4. The first-order valence-electron chi connectivity index (χ1n) is 6.28. The monoisotopic (exact) mass is 320 g/mol. The number of para-hydroxylation sites is 1. The zero-order chi connectivity index (χ0) is 16.1. The van der Waals surface area contributed by atoms with Crippen LogP contribution >= 0.6 is 11.6 Å². The molecule has 0 saturated carbocycles. The van der Waals surface area contributed by atoms with Crippen molar-refractivity contribution in [2.24, 2.45) is 5.73 Å². The molecule has 4 N–H and O–H groups in total. The number of anilines is 1. The molecule has 0 saturated heterocycles. The van der Waals surface area contributed by atoms with Gasteiger partial charge in [0.1, 0.15) is 5.75 Å². The first-order valence-corrected chi connectivity index (χ1v) is 6.65. The first kappa shape index (κ1) is 15.7. The minimum atomic E-state index is -1.22. The van der Waals surface area contributed by atoms with Crippen molar-refractivity contribution in [1.82, 2.24) is 0 Å². The standard InChI is InChI=1S/C15H13ClN2O4/c16-11-8-9(6-7-12(11)18-15(17)21)13(14(19)20)22-10-4-2-1-3-5-10/h1-8,13H,(H,19,20)(H3,17,18,21). The van der Waals surface area contributed by atoms with Gasteiger partial charge >= 0.3 is 12.0 Å². The van der Waals surface area contributed by atoms with Crippen molar-refractivity contribution < 1.29 is 19.4 Å². The zero-order valence-corrected chi connectivity index (χ0v) is 12.1. The second-order valence-corrected chi connectivity index (χ2v) is 4.78. The molecule has 2 amide bonds. The molecule has 0 spiro atoms. The Balaban J connectivity index is 2.27. The smallest absolute Gasteiger partial charge is 0.349 e. The van der Waals surface area contributed by atoms with E-state index in [1.807, 2.05) is 0 Å². The molecular formula is C15H13ClN2O4. The van der Waals surface area contributed by atoms with Crippen LogP contribution in [0.25, 0.3) is 0 Å². The quantitative estimate of drug-likeness (QED) is 0.788. The number of amides is 2. The van der Waals surface area contributed by atoms with Gasteiger partial charge in [-0.25, -0.2) is 9.59 Å². The summed E-state index contributed by atoms with van der Waals surface area (Å²) in [4.78, 5) is 22.2. The van der Waals surface area contributed by atoms with Gasteiger partial charge in [0.05, 0.1) is 10.7 Å². The summed E-state index contributed by atoms with van der Waals surface area (Å²) in [5.41, 5.74) is 5.65. The number of carbonyl (C=O) groups is 2. The minimum Gasteiger partial charge on any atom is -0.478 e. The Kier molecular flexibility index (Phi) is 4.85. The third-order valence-electron chi connectivity index (χ3n) is 2.78. The van der Waals surface area contributed by atoms with Crippen LogP contribution in [0, 0.1) is 0 Å². The van der Waals surface area contributed by atoms with E-state index in [0.29, 0.717) is 17.0 Å². The van der Waals surface area contributed by atoms with Crippen molar-refractivity contribution in [3.05, 3.63) is 59.1 Å². The van der Waals surface area contributed by atoms with Crippen molar-refractivity contribution in [1.29, 1.82) is 0 Å². The lowest BCUT2D eigenvalue weighted by Gasteiger charge is -2.16. The Bertz CT molecular complexity index is 691. The number of carboxylic acid groups (broad SMARTS) is 1. The van der Waals surface area contributed by atoms with Crippen LogP contribution in [-0.4, -0.2) is 17.1 Å². The number of hydrogen-bond donors (Lipinski definition) is 3. The van der Waals surface area contributed by atoms with Gasteiger partial charge in [-0.3, -0.25) is 0 Å². The maximum Gasteiger partial charge on any atom is 0.349 e. The van der Waals surface area contributed by atoms with E-state index in [-0.39, 0.29) is 5.02 Å². The lowest BCUT2D eigenvalue weighted by molar-refractivity contribution is -0.145. The number of hydrogen-bond acceptors (Lipinski definition) is 3. The molecule has 7 heteroatoms. The van der Waals surface area contributed by atoms with Gasteiger partial charge in [-0.15, -0.1) is 0 Å². The van der Waals surface area contributed by atoms with E-state index in [2.05, 4.69) is 5.32 Å². The number of urea groups is 1. The van der Waals surface area contributed by atoms with Gasteiger partial charge in [0.25, 0.3) is 0 Å². The predicted molar refractivity (Wildman–Crippen MR) is 82.1 cm³/mol. The van der Waals surface area contributed by atoms with Gasteiger partial charge in [-0.1, -0.05) is 35.9 Å². The summed E-state index contributed by atoms with van der Waals surface area (Å²) in [6.45, 7) is 0. The SMILES string of the molecule is NC(=O)Nc1ccc(C(Oc2ccccc2)C(=O)O)cc1Cl. The van der Waals surface area contributed by atoms with Crippen LogP contribution in [0.2, 0.25) is 5.02 Å². The summed E-state index contributed by atoms with van der Waals surface area (Å²) < 4.78 is 5.47. The third kappa shape index (κ3) is 3.89. The van der Waals surface area contributed by atoms with E-state index >= 15 is 0 Å². The van der Waals surface area contributed by atoms with Crippen molar-refractivity contribution in [2.75, 3.05) is 5.32 Å². The Labute approximate surface area is 131 Å². The summed E-state index contributed by atoms with van der Waals surface area (Å²) in [7, 11) is 0.